The highest BCUT2D eigenvalue weighted by Crippen LogP contribution is 2.41. The lowest BCUT2D eigenvalue weighted by molar-refractivity contribution is -0.130. The molecular formula is C24H29NO6. The Morgan fingerprint density at radius 2 is 1.48 bits per heavy atom. The molecule has 0 unspecified atom stereocenters. The zero-order chi connectivity index (χ0) is 22.4. The highest BCUT2D eigenvalue weighted by Gasteiger charge is 2.23. The Morgan fingerprint density at radius 1 is 0.839 bits per heavy atom. The maximum Gasteiger partial charge on any atom is 0.227 e. The molecule has 1 amide bonds. The van der Waals surface area contributed by atoms with Gasteiger partial charge in [0.1, 0.15) is 17.2 Å². The number of hydrogen-bond acceptors (Lipinski definition) is 6. The van der Waals surface area contributed by atoms with E-state index < -0.39 is 0 Å². The first-order valence-electron chi connectivity index (χ1n) is 10.0. The lowest BCUT2D eigenvalue weighted by atomic mass is 9.96. The molecule has 7 nitrogen and oxygen atoms in total. The fourth-order valence-electron chi connectivity index (χ4n) is 3.72. The summed E-state index contributed by atoms with van der Waals surface area (Å²) in [7, 11) is 8.03. The number of ether oxygens (including phenoxy) is 5. The van der Waals surface area contributed by atoms with Gasteiger partial charge in [-0.2, -0.15) is 0 Å². The third kappa shape index (κ3) is 4.87. The first-order valence-corrected chi connectivity index (χ1v) is 10.0. The Kier molecular flexibility index (Phi) is 7.28. The molecule has 2 aromatic carbocycles. The minimum Gasteiger partial charge on any atom is -0.496 e. The van der Waals surface area contributed by atoms with Crippen LogP contribution in [0.15, 0.2) is 36.4 Å². The maximum absolute atomic E-state index is 12.9. The van der Waals surface area contributed by atoms with Crippen LogP contribution in [0.1, 0.15) is 17.5 Å². The summed E-state index contributed by atoms with van der Waals surface area (Å²) in [5.41, 5.74) is 2.88. The van der Waals surface area contributed by atoms with E-state index in [0.29, 0.717) is 54.7 Å². The molecule has 0 saturated carbocycles. The third-order valence-electron chi connectivity index (χ3n) is 5.40. The largest absolute Gasteiger partial charge is 0.496 e. The van der Waals surface area contributed by atoms with Crippen LogP contribution in [0.25, 0.3) is 5.57 Å². The van der Waals surface area contributed by atoms with Gasteiger partial charge in [0, 0.05) is 25.2 Å². The molecule has 1 aliphatic rings. The van der Waals surface area contributed by atoms with Crippen LogP contribution < -0.4 is 23.7 Å². The van der Waals surface area contributed by atoms with Crippen molar-refractivity contribution >= 4 is 11.5 Å². The topological polar surface area (TPSA) is 66.5 Å². The molecule has 2 aromatic rings. The van der Waals surface area contributed by atoms with Gasteiger partial charge < -0.3 is 28.6 Å². The van der Waals surface area contributed by atoms with E-state index in [1.54, 1.807) is 35.5 Å². The van der Waals surface area contributed by atoms with E-state index in [9.17, 15) is 4.79 Å². The monoisotopic (exact) mass is 427 g/mol. The summed E-state index contributed by atoms with van der Waals surface area (Å²) < 4.78 is 27.1. The minimum atomic E-state index is 0.0659. The highest BCUT2D eigenvalue weighted by molar-refractivity contribution is 5.82. The first kappa shape index (κ1) is 22.3. The summed E-state index contributed by atoms with van der Waals surface area (Å²) in [6.07, 6.45) is 3.07. The van der Waals surface area contributed by atoms with Crippen molar-refractivity contribution in [3.63, 3.8) is 0 Å². The van der Waals surface area contributed by atoms with Crippen molar-refractivity contribution < 1.29 is 28.5 Å². The number of carbonyl (C=O) groups is 1. The SMILES string of the molecule is COc1cc(OC)c(C2=CCN(C(=O)Cc3ccc(OC)c(OC)c3)CC2)c(OC)c1. The Hall–Kier alpha value is -3.35. The molecule has 3 rings (SSSR count). The molecule has 0 spiro atoms. The predicted molar refractivity (Wildman–Crippen MR) is 119 cm³/mol. The highest BCUT2D eigenvalue weighted by atomic mass is 16.5. The summed E-state index contributed by atoms with van der Waals surface area (Å²) >= 11 is 0. The van der Waals surface area contributed by atoms with Crippen LogP contribution in [0, 0.1) is 0 Å². The van der Waals surface area contributed by atoms with Crippen molar-refractivity contribution in [1.29, 1.82) is 0 Å². The molecule has 0 aromatic heterocycles. The molecule has 1 heterocycles. The number of hydrogen-bond donors (Lipinski definition) is 0. The average Bonchev–Trinajstić information content (AvgIpc) is 2.82. The van der Waals surface area contributed by atoms with Gasteiger partial charge in [0.2, 0.25) is 5.91 Å². The Bertz CT molecular complexity index is 944. The quantitative estimate of drug-likeness (QED) is 0.642. The smallest absolute Gasteiger partial charge is 0.227 e. The molecule has 0 aliphatic carbocycles. The van der Waals surface area contributed by atoms with Crippen molar-refractivity contribution in [3.05, 3.63) is 47.5 Å². The molecule has 0 N–H and O–H groups in total. The van der Waals surface area contributed by atoms with Crippen LogP contribution in [-0.2, 0) is 11.2 Å². The fourth-order valence-corrected chi connectivity index (χ4v) is 3.72. The molecule has 166 valence electrons. The molecule has 1 aliphatic heterocycles. The molecular weight excluding hydrogens is 398 g/mol. The van der Waals surface area contributed by atoms with E-state index in [1.165, 1.54) is 0 Å². The van der Waals surface area contributed by atoms with Gasteiger partial charge in [-0.25, -0.2) is 0 Å². The Labute approximate surface area is 183 Å². The zero-order valence-corrected chi connectivity index (χ0v) is 18.7. The van der Waals surface area contributed by atoms with Crippen LogP contribution in [0.5, 0.6) is 28.7 Å². The number of rotatable bonds is 8. The van der Waals surface area contributed by atoms with E-state index in [4.69, 9.17) is 23.7 Å². The molecule has 0 fully saturated rings. The fraction of sp³-hybridized carbons (Fsp3) is 0.375. The van der Waals surface area contributed by atoms with Crippen molar-refractivity contribution in [1.82, 2.24) is 4.90 Å². The molecule has 0 radical (unpaired) electrons. The van der Waals surface area contributed by atoms with Gasteiger partial charge in [0.25, 0.3) is 0 Å². The van der Waals surface area contributed by atoms with Crippen molar-refractivity contribution in [2.24, 2.45) is 0 Å². The molecule has 7 heteroatoms. The molecule has 0 atom stereocenters. The maximum atomic E-state index is 12.9. The van der Waals surface area contributed by atoms with Gasteiger partial charge in [0.05, 0.1) is 47.5 Å². The van der Waals surface area contributed by atoms with Gasteiger partial charge in [-0.3, -0.25) is 4.79 Å². The number of amides is 1. The second kappa shape index (κ2) is 10.1. The standard InChI is InChI=1S/C24H29NO6/c1-27-18-14-21(30-4)24(22(15-18)31-5)17-8-10-25(11-9-17)23(26)13-16-6-7-19(28-2)20(12-16)29-3/h6-8,12,14-15H,9-11,13H2,1-5H3. The molecule has 31 heavy (non-hydrogen) atoms. The van der Waals surface area contributed by atoms with Crippen LogP contribution in [0.2, 0.25) is 0 Å². The molecule has 0 saturated heterocycles. The summed E-state index contributed by atoms with van der Waals surface area (Å²) in [4.78, 5) is 14.7. The molecule has 0 bridgehead atoms. The van der Waals surface area contributed by atoms with Crippen LogP contribution in [-0.4, -0.2) is 59.4 Å². The van der Waals surface area contributed by atoms with Crippen LogP contribution in [0.3, 0.4) is 0 Å². The van der Waals surface area contributed by atoms with E-state index >= 15 is 0 Å². The Balaban J connectivity index is 1.75. The number of nitrogens with zero attached hydrogens (tertiary/aromatic N) is 1. The second-order valence-electron chi connectivity index (χ2n) is 7.09. The van der Waals surface area contributed by atoms with E-state index in [1.807, 2.05) is 35.2 Å². The lowest BCUT2D eigenvalue weighted by Gasteiger charge is -2.28. The minimum absolute atomic E-state index is 0.0659. The Morgan fingerprint density at radius 3 is 2.00 bits per heavy atom. The summed E-state index contributed by atoms with van der Waals surface area (Å²) in [6, 6.07) is 9.23. The van der Waals surface area contributed by atoms with Crippen molar-refractivity contribution in [2.75, 3.05) is 48.6 Å². The lowest BCUT2D eigenvalue weighted by Crippen LogP contribution is -2.35. The zero-order valence-electron chi connectivity index (χ0n) is 18.7. The van der Waals surface area contributed by atoms with Gasteiger partial charge in [-0.05, 0) is 29.7 Å². The normalized spacial score (nSPS) is 13.3. The number of methoxy groups -OCH3 is 5. The average molecular weight is 427 g/mol. The number of benzene rings is 2. The summed E-state index contributed by atoms with van der Waals surface area (Å²) in [6.45, 7) is 1.15. The van der Waals surface area contributed by atoms with E-state index in [-0.39, 0.29) is 5.91 Å². The van der Waals surface area contributed by atoms with Gasteiger partial charge >= 0.3 is 0 Å². The summed E-state index contributed by atoms with van der Waals surface area (Å²) in [5.74, 6) is 3.37. The van der Waals surface area contributed by atoms with Crippen molar-refractivity contribution in [3.8, 4) is 28.7 Å². The van der Waals surface area contributed by atoms with E-state index in [2.05, 4.69) is 6.08 Å². The first-order chi connectivity index (χ1) is 15.0. The van der Waals surface area contributed by atoms with Gasteiger partial charge in [-0.1, -0.05) is 12.1 Å². The second-order valence-corrected chi connectivity index (χ2v) is 7.09. The van der Waals surface area contributed by atoms with Crippen LogP contribution >= 0.6 is 0 Å². The van der Waals surface area contributed by atoms with Crippen LogP contribution in [0.4, 0.5) is 0 Å². The van der Waals surface area contributed by atoms with Crippen molar-refractivity contribution in [2.45, 2.75) is 12.8 Å². The third-order valence-corrected chi connectivity index (χ3v) is 5.40. The predicted octanol–water partition coefficient (Wildman–Crippen LogP) is 3.59. The summed E-state index contributed by atoms with van der Waals surface area (Å²) in [5, 5.41) is 0. The number of carbonyl (C=O) groups excluding carboxylic acids is 1. The van der Waals surface area contributed by atoms with Gasteiger partial charge in [-0.15, -0.1) is 0 Å². The van der Waals surface area contributed by atoms with Gasteiger partial charge in [0.15, 0.2) is 11.5 Å². The van der Waals surface area contributed by atoms with E-state index in [0.717, 1.165) is 16.7 Å².